The standard InChI is InChI=1S/C14H30N2/c1-14(2,12-15)10-6-7-11-16(3)13-8-4-5-9-13/h13H,4-12,15H2,1-3H3. The Hall–Kier alpha value is -0.0800. The van der Waals surface area contributed by atoms with Crippen LogP contribution in [-0.2, 0) is 0 Å². The minimum absolute atomic E-state index is 0.339. The minimum atomic E-state index is 0.339. The molecule has 0 spiro atoms. The third kappa shape index (κ3) is 4.84. The molecule has 0 amide bonds. The Kier molecular flexibility index (Phi) is 5.77. The molecule has 1 aliphatic rings. The molecular weight excluding hydrogens is 196 g/mol. The Morgan fingerprint density at radius 1 is 1.19 bits per heavy atom. The van der Waals surface area contributed by atoms with Crippen molar-refractivity contribution < 1.29 is 0 Å². The summed E-state index contributed by atoms with van der Waals surface area (Å²) < 4.78 is 0. The number of unbranched alkanes of at least 4 members (excludes halogenated alkanes) is 1. The van der Waals surface area contributed by atoms with Crippen LogP contribution in [0.1, 0.15) is 58.8 Å². The van der Waals surface area contributed by atoms with E-state index in [1.54, 1.807) is 0 Å². The highest BCUT2D eigenvalue weighted by atomic mass is 15.1. The van der Waals surface area contributed by atoms with Crippen LogP contribution in [0.25, 0.3) is 0 Å². The van der Waals surface area contributed by atoms with E-state index < -0.39 is 0 Å². The first-order valence-corrected chi connectivity index (χ1v) is 6.95. The van der Waals surface area contributed by atoms with Crippen LogP contribution >= 0.6 is 0 Å². The van der Waals surface area contributed by atoms with Gasteiger partial charge in [-0.05, 0) is 51.2 Å². The Bertz CT molecular complexity index is 183. The van der Waals surface area contributed by atoms with Gasteiger partial charge in [-0.3, -0.25) is 0 Å². The zero-order valence-electron chi connectivity index (χ0n) is 11.5. The maximum Gasteiger partial charge on any atom is 0.00922 e. The Labute approximate surface area is 102 Å². The largest absolute Gasteiger partial charge is 0.330 e. The summed E-state index contributed by atoms with van der Waals surface area (Å²) in [6.07, 6.45) is 9.64. The highest BCUT2D eigenvalue weighted by Gasteiger charge is 2.19. The summed E-state index contributed by atoms with van der Waals surface area (Å²) in [6, 6.07) is 0.877. The van der Waals surface area contributed by atoms with Crippen LogP contribution in [-0.4, -0.2) is 31.1 Å². The van der Waals surface area contributed by atoms with Gasteiger partial charge < -0.3 is 10.6 Å². The Morgan fingerprint density at radius 2 is 1.81 bits per heavy atom. The first-order chi connectivity index (χ1) is 7.55. The molecule has 2 heteroatoms. The monoisotopic (exact) mass is 226 g/mol. The summed E-state index contributed by atoms with van der Waals surface area (Å²) in [4.78, 5) is 2.57. The molecule has 0 saturated heterocycles. The summed E-state index contributed by atoms with van der Waals surface area (Å²) >= 11 is 0. The van der Waals surface area contributed by atoms with Gasteiger partial charge in [0.1, 0.15) is 0 Å². The Balaban J connectivity index is 2.06. The van der Waals surface area contributed by atoms with Gasteiger partial charge in [0.15, 0.2) is 0 Å². The van der Waals surface area contributed by atoms with Crippen LogP contribution in [0.15, 0.2) is 0 Å². The first-order valence-electron chi connectivity index (χ1n) is 6.95. The maximum absolute atomic E-state index is 5.74. The van der Waals surface area contributed by atoms with Crippen molar-refractivity contribution in [2.75, 3.05) is 20.1 Å². The lowest BCUT2D eigenvalue weighted by molar-refractivity contribution is 0.232. The lowest BCUT2D eigenvalue weighted by Gasteiger charge is -2.25. The van der Waals surface area contributed by atoms with Crippen LogP contribution in [0, 0.1) is 5.41 Å². The fourth-order valence-electron chi connectivity index (χ4n) is 2.59. The van der Waals surface area contributed by atoms with Crippen molar-refractivity contribution in [1.82, 2.24) is 4.90 Å². The van der Waals surface area contributed by atoms with Gasteiger partial charge in [0.2, 0.25) is 0 Å². The predicted octanol–water partition coefficient (Wildman–Crippen LogP) is 3.02. The molecule has 0 heterocycles. The highest BCUT2D eigenvalue weighted by molar-refractivity contribution is 4.75. The van der Waals surface area contributed by atoms with Gasteiger partial charge in [-0.15, -0.1) is 0 Å². The number of nitrogens with two attached hydrogens (primary N) is 1. The predicted molar refractivity (Wildman–Crippen MR) is 71.6 cm³/mol. The lowest BCUT2D eigenvalue weighted by Crippen LogP contribution is -2.30. The van der Waals surface area contributed by atoms with Crippen molar-refractivity contribution in [1.29, 1.82) is 0 Å². The molecule has 0 aromatic heterocycles. The van der Waals surface area contributed by atoms with Gasteiger partial charge in [0, 0.05) is 6.04 Å². The SMILES string of the molecule is CN(CCCCC(C)(C)CN)C1CCCC1. The quantitative estimate of drug-likeness (QED) is 0.676. The van der Waals surface area contributed by atoms with Crippen molar-refractivity contribution in [3.8, 4) is 0 Å². The van der Waals surface area contributed by atoms with E-state index in [4.69, 9.17) is 5.73 Å². The van der Waals surface area contributed by atoms with Gasteiger partial charge in [-0.25, -0.2) is 0 Å². The third-order valence-corrected chi connectivity index (χ3v) is 4.12. The van der Waals surface area contributed by atoms with Crippen molar-refractivity contribution in [2.24, 2.45) is 11.1 Å². The molecule has 1 saturated carbocycles. The normalized spacial score (nSPS) is 18.6. The molecule has 0 unspecified atom stereocenters. The van der Waals surface area contributed by atoms with Crippen molar-refractivity contribution in [2.45, 2.75) is 64.8 Å². The summed E-state index contributed by atoms with van der Waals surface area (Å²) in [7, 11) is 2.30. The molecule has 1 aliphatic carbocycles. The van der Waals surface area contributed by atoms with Gasteiger partial charge in [-0.1, -0.05) is 33.1 Å². The van der Waals surface area contributed by atoms with Crippen LogP contribution in [0.2, 0.25) is 0 Å². The average molecular weight is 226 g/mol. The molecule has 2 nitrogen and oxygen atoms in total. The first kappa shape index (κ1) is 14.0. The summed E-state index contributed by atoms with van der Waals surface area (Å²) in [5.41, 5.74) is 6.08. The number of hydrogen-bond donors (Lipinski definition) is 1. The number of hydrogen-bond acceptors (Lipinski definition) is 2. The average Bonchev–Trinajstić information content (AvgIpc) is 2.77. The molecule has 0 bridgehead atoms. The molecule has 16 heavy (non-hydrogen) atoms. The van der Waals surface area contributed by atoms with Gasteiger partial charge in [0.05, 0.1) is 0 Å². The van der Waals surface area contributed by atoms with Gasteiger partial charge in [0.25, 0.3) is 0 Å². The van der Waals surface area contributed by atoms with Gasteiger partial charge >= 0.3 is 0 Å². The summed E-state index contributed by atoms with van der Waals surface area (Å²) in [5.74, 6) is 0. The third-order valence-electron chi connectivity index (χ3n) is 4.12. The number of rotatable bonds is 7. The molecule has 1 rings (SSSR count). The zero-order chi connectivity index (χ0) is 12.0. The molecule has 2 N–H and O–H groups in total. The Morgan fingerprint density at radius 3 is 2.38 bits per heavy atom. The molecule has 96 valence electrons. The van der Waals surface area contributed by atoms with E-state index in [1.165, 1.54) is 51.5 Å². The minimum Gasteiger partial charge on any atom is -0.330 e. The van der Waals surface area contributed by atoms with Crippen molar-refractivity contribution in [3.05, 3.63) is 0 Å². The molecule has 0 radical (unpaired) electrons. The van der Waals surface area contributed by atoms with Crippen LogP contribution in [0.4, 0.5) is 0 Å². The molecule has 0 atom stereocenters. The van der Waals surface area contributed by atoms with E-state index in [2.05, 4.69) is 25.8 Å². The molecule has 1 fully saturated rings. The van der Waals surface area contributed by atoms with E-state index in [9.17, 15) is 0 Å². The highest BCUT2D eigenvalue weighted by Crippen LogP contribution is 2.24. The maximum atomic E-state index is 5.74. The second-order valence-electron chi connectivity index (χ2n) is 6.24. The summed E-state index contributed by atoms with van der Waals surface area (Å²) in [6.45, 7) is 6.62. The van der Waals surface area contributed by atoms with E-state index in [0.29, 0.717) is 5.41 Å². The molecule has 0 aromatic carbocycles. The topological polar surface area (TPSA) is 29.3 Å². The second kappa shape index (κ2) is 6.61. The smallest absolute Gasteiger partial charge is 0.00922 e. The zero-order valence-corrected chi connectivity index (χ0v) is 11.5. The number of nitrogens with zero attached hydrogens (tertiary/aromatic N) is 1. The fraction of sp³-hybridized carbons (Fsp3) is 1.00. The van der Waals surface area contributed by atoms with E-state index in [1.807, 2.05) is 0 Å². The molecule has 0 aromatic rings. The second-order valence-corrected chi connectivity index (χ2v) is 6.24. The molecular formula is C14H30N2. The summed E-state index contributed by atoms with van der Waals surface area (Å²) in [5, 5.41) is 0. The van der Waals surface area contributed by atoms with Crippen molar-refractivity contribution >= 4 is 0 Å². The van der Waals surface area contributed by atoms with Crippen LogP contribution in [0.3, 0.4) is 0 Å². The van der Waals surface area contributed by atoms with E-state index in [0.717, 1.165) is 12.6 Å². The fourth-order valence-corrected chi connectivity index (χ4v) is 2.59. The van der Waals surface area contributed by atoms with Gasteiger partial charge in [-0.2, -0.15) is 0 Å². The van der Waals surface area contributed by atoms with E-state index in [-0.39, 0.29) is 0 Å². The molecule has 0 aliphatic heterocycles. The lowest BCUT2D eigenvalue weighted by atomic mass is 9.87. The van der Waals surface area contributed by atoms with Crippen LogP contribution in [0.5, 0.6) is 0 Å². The van der Waals surface area contributed by atoms with Crippen LogP contribution < -0.4 is 5.73 Å². The van der Waals surface area contributed by atoms with E-state index >= 15 is 0 Å². The van der Waals surface area contributed by atoms with Crippen molar-refractivity contribution in [3.63, 3.8) is 0 Å².